The Morgan fingerprint density at radius 1 is 1.19 bits per heavy atom. The topological polar surface area (TPSA) is 86.3 Å². The van der Waals surface area contributed by atoms with Crippen LogP contribution in [0, 0.1) is 10.1 Å². The summed E-state index contributed by atoms with van der Waals surface area (Å²) in [5.41, 5.74) is 1.76. The lowest BCUT2D eigenvalue weighted by molar-refractivity contribution is -0.386. The van der Waals surface area contributed by atoms with Crippen molar-refractivity contribution in [3.05, 3.63) is 86.0 Å². The number of nitrogens with zero attached hydrogens (tertiary/aromatic N) is 5. The van der Waals surface area contributed by atoms with Gasteiger partial charge in [0.15, 0.2) is 11.6 Å². The van der Waals surface area contributed by atoms with Crippen molar-refractivity contribution >= 4 is 29.2 Å². The number of ether oxygens (including phenoxy) is 1. The summed E-state index contributed by atoms with van der Waals surface area (Å²) in [6, 6.07) is 14.8. The Hall–Kier alpha value is -2.98. The molecule has 5 rings (SSSR count). The van der Waals surface area contributed by atoms with E-state index in [1.807, 2.05) is 36.4 Å². The van der Waals surface area contributed by atoms with Crippen LogP contribution < -0.4 is 9.75 Å². The van der Waals surface area contributed by atoms with Gasteiger partial charge in [-0.1, -0.05) is 61.5 Å². The van der Waals surface area contributed by atoms with Crippen molar-refractivity contribution in [3.8, 4) is 5.75 Å². The average Bonchev–Trinajstić information content (AvgIpc) is 3.48. The molecule has 1 aromatic heterocycles. The lowest BCUT2D eigenvalue weighted by Crippen LogP contribution is -2.30. The lowest BCUT2D eigenvalue weighted by atomic mass is 10.1. The summed E-state index contributed by atoms with van der Waals surface area (Å²) in [6.07, 6.45) is 2.96. The highest BCUT2D eigenvalue weighted by atomic mass is 32.2. The molecule has 3 aromatic rings. The van der Waals surface area contributed by atoms with Crippen LogP contribution in [0.15, 0.2) is 64.1 Å². The van der Waals surface area contributed by atoms with Gasteiger partial charge in [0.2, 0.25) is 5.16 Å². The summed E-state index contributed by atoms with van der Waals surface area (Å²) in [7, 11) is 0. The minimum absolute atomic E-state index is 0.0329. The molecule has 0 amide bonds. The maximum atomic E-state index is 11.8. The van der Waals surface area contributed by atoms with E-state index in [0.29, 0.717) is 0 Å². The van der Waals surface area contributed by atoms with Crippen LogP contribution in [0.5, 0.6) is 5.75 Å². The minimum atomic E-state index is -0.382. The van der Waals surface area contributed by atoms with Crippen molar-refractivity contribution in [2.45, 2.75) is 43.3 Å². The van der Waals surface area contributed by atoms with Crippen molar-refractivity contribution in [1.29, 1.82) is 0 Å². The summed E-state index contributed by atoms with van der Waals surface area (Å²) in [5, 5.41) is 26.5. The van der Waals surface area contributed by atoms with Crippen LogP contribution >= 0.6 is 23.5 Å². The maximum absolute atomic E-state index is 11.8. The molecule has 8 nitrogen and oxygen atoms in total. The highest BCUT2D eigenvalue weighted by Crippen LogP contribution is 2.52. The zero-order valence-electron chi connectivity index (χ0n) is 17.4. The van der Waals surface area contributed by atoms with Crippen LogP contribution in [0.25, 0.3) is 0 Å². The lowest BCUT2D eigenvalue weighted by Gasteiger charge is -2.26. The number of fused-ring (bicyclic) bond motifs is 3. The minimum Gasteiger partial charge on any atom is -0.482 e. The number of hydrogen-bond acceptors (Lipinski definition) is 8. The van der Waals surface area contributed by atoms with E-state index in [1.165, 1.54) is 0 Å². The Labute approximate surface area is 193 Å². The largest absolute Gasteiger partial charge is 0.482 e. The number of hydrogen-bond donors (Lipinski definition) is 0. The SMILES string of the molecule is CCCCc1nnc2n1N1C(=CSC1c1ccc(OCc3ccccc3)c([N+](=O)[O-])c1)S2. The summed E-state index contributed by atoms with van der Waals surface area (Å²) in [4.78, 5) is 11.4. The number of unbranched alkanes of at least 4 members (excludes halogenated alkanes) is 1. The van der Waals surface area contributed by atoms with Crippen LogP contribution in [-0.4, -0.2) is 19.8 Å². The Balaban J connectivity index is 1.42. The number of thioether (sulfide) groups is 2. The highest BCUT2D eigenvalue weighted by Gasteiger charge is 2.40. The van der Waals surface area contributed by atoms with Gasteiger partial charge in [0.25, 0.3) is 0 Å². The highest BCUT2D eigenvalue weighted by molar-refractivity contribution is 8.07. The molecule has 1 unspecified atom stereocenters. The van der Waals surface area contributed by atoms with E-state index in [-0.39, 0.29) is 28.3 Å². The molecular weight excluding hydrogens is 446 g/mol. The quantitative estimate of drug-likeness (QED) is 0.322. The first-order valence-electron chi connectivity index (χ1n) is 10.4. The van der Waals surface area contributed by atoms with Crippen LogP contribution in [0.1, 0.15) is 42.1 Å². The standard InChI is InChI=1S/C22H21N5O3S2/c1-2-3-9-19-23-24-22-25(19)26-20(32-22)14-31-21(26)16-10-11-18(17(12-16)27(28)29)30-13-15-7-5-4-6-8-15/h4-8,10-12,14,21H,2-3,9,13H2,1H3. The van der Waals surface area contributed by atoms with E-state index in [1.54, 1.807) is 35.7 Å². The first kappa shape index (κ1) is 20.9. The van der Waals surface area contributed by atoms with E-state index in [4.69, 9.17) is 4.74 Å². The number of rotatable bonds is 8. The molecule has 10 heteroatoms. The van der Waals surface area contributed by atoms with Crippen molar-refractivity contribution in [1.82, 2.24) is 14.9 Å². The van der Waals surface area contributed by atoms with E-state index >= 15 is 0 Å². The fourth-order valence-corrected chi connectivity index (χ4v) is 5.93. The van der Waals surface area contributed by atoms with Crippen molar-refractivity contribution < 1.29 is 9.66 Å². The number of aryl methyl sites for hydroxylation is 1. The summed E-state index contributed by atoms with van der Waals surface area (Å²) >= 11 is 3.20. The zero-order chi connectivity index (χ0) is 22.1. The fraction of sp³-hybridized carbons (Fsp3) is 0.273. The molecule has 2 aliphatic heterocycles. The van der Waals surface area contributed by atoms with Crippen molar-refractivity contribution in [2.75, 3.05) is 5.01 Å². The molecule has 32 heavy (non-hydrogen) atoms. The molecule has 0 saturated heterocycles. The van der Waals surface area contributed by atoms with E-state index in [2.05, 4.69) is 32.2 Å². The van der Waals surface area contributed by atoms with Crippen LogP contribution in [0.2, 0.25) is 0 Å². The van der Waals surface area contributed by atoms with Crippen LogP contribution in [0.4, 0.5) is 5.69 Å². The van der Waals surface area contributed by atoms with Crippen LogP contribution in [0.3, 0.4) is 0 Å². The van der Waals surface area contributed by atoms with E-state index < -0.39 is 0 Å². The van der Waals surface area contributed by atoms with E-state index in [9.17, 15) is 10.1 Å². The van der Waals surface area contributed by atoms with Gasteiger partial charge in [-0.25, -0.2) is 4.68 Å². The summed E-state index contributed by atoms with van der Waals surface area (Å²) < 4.78 is 7.85. The molecule has 164 valence electrons. The van der Waals surface area contributed by atoms with Crippen LogP contribution in [-0.2, 0) is 13.0 Å². The van der Waals surface area contributed by atoms with Gasteiger partial charge in [-0.15, -0.1) is 10.2 Å². The molecule has 2 aliphatic rings. The molecule has 0 radical (unpaired) electrons. The maximum Gasteiger partial charge on any atom is 0.311 e. The van der Waals surface area contributed by atoms with Gasteiger partial charge >= 0.3 is 5.69 Å². The Bertz CT molecular complexity index is 1180. The van der Waals surface area contributed by atoms with Crippen molar-refractivity contribution in [3.63, 3.8) is 0 Å². The Morgan fingerprint density at radius 3 is 2.81 bits per heavy atom. The third-order valence-electron chi connectivity index (χ3n) is 5.29. The summed E-state index contributed by atoms with van der Waals surface area (Å²) in [5.74, 6) is 1.19. The molecule has 0 aliphatic carbocycles. The molecule has 0 spiro atoms. The average molecular weight is 468 g/mol. The molecule has 2 aromatic carbocycles. The summed E-state index contributed by atoms with van der Waals surface area (Å²) in [6.45, 7) is 2.43. The predicted molar refractivity (Wildman–Crippen MR) is 125 cm³/mol. The first-order valence-corrected chi connectivity index (χ1v) is 12.1. The van der Waals surface area contributed by atoms with Gasteiger partial charge in [0.1, 0.15) is 17.0 Å². The molecule has 0 N–H and O–H groups in total. The predicted octanol–water partition coefficient (Wildman–Crippen LogP) is 5.40. The Kier molecular flexibility index (Phi) is 5.79. The van der Waals surface area contributed by atoms with Gasteiger partial charge in [-0.3, -0.25) is 15.1 Å². The van der Waals surface area contributed by atoms with Gasteiger partial charge in [-0.05, 0) is 35.4 Å². The van der Waals surface area contributed by atoms with Crippen molar-refractivity contribution in [2.24, 2.45) is 0 Å². The third kappa shape index (κ3) is 3.84. The van der Waals surface area contributed by atoms with Gasteiger partial charge in [0, 0.05) is 17.9 Å². The molecule has 0 saturated carbocycles. The Morgan fingerprint density at radius 2 is 2.03 bits per heavy atom. The number of aromatic nitrogens is 3. The van der Waals surface area contributed by atoms with E-state index in [0.717, 1.165) is 46.4 Å². The number of nitro groups is 1. The second-order valence-electron chi connectivity index (χ2n) is 7.46. The third-order valence-corrected chi connectivity index (χ3v) is 7.48. The first-order chi connectivity index (χ1) is 15.7. The number of benzene rings is 2. The van der Waals surface area contributed by atoms with Gasteiger partial charge in [0.05, 0.1) is 4.92 Å². The van der Waals surface area contributed by atoms with Gasteiger partial charge in [-0.2, -0.15) is 0 Å². The molecular formula is C22H21N5O3S2. The zero-order valence-corrected chi connectivity index (χ0v) is 19.0. The molecule has 1 atom stereocenters. The molecule has 0 bridgehead atoms. The second-order valence-corrected chi connectivity index (χ2v) is 9.41. The fourth-order valence-electron chi connectivity index (χ4n) is 3.69. The smallest absolute Gasteiger partial charge is 0.311 e. The molecule has 3 heterocycles. The normalized spacial score (nSPS) is 16.6. The monoisotopic (exact) mass is 467 g/mol. The molecule has 0 fully saturated rings. The second kappa shape index (κ2) is 8.87. The van der Waals surface area contributed by atoms with Gasteiger partial charge < -0.3 is 4.74 Å². The number of nitro benzene ring substituents is 1.